The van der Waals surface area contributed by atoms with E-state index in [9.17, 15) is 0 Å². The summed E-state index contributed by atoms with van der Waals surface area (Å²) in [5, 5.41) is 2.48. The Kier molecular flexibility index (Phi) is 8.34. The highest BCUT2D eigenvalue weighted by molar-refractivity contribution is 5.97. The van der Waals surface area contributed by atoms with Gasteiger partial charge in [0.15, 0.2) is 5.82 Å². The molecule has 2 aliphatic carbocycles. The lowest BCUT2D eigenvalue weighted by molar-refractivity contribution is 0.519. The summed E-state index contributed by atoms with van der Waals surface area (Å²) in [5.74, 6) is 0.984. The van der Waals surface area contributed by atoms with Crippen molar-refractivity contribution in [2.45, 2.75) is 18.3 Å². The fourth-order valence-corrected chi connectivity index (χ4v) is 9.21. The van der Waals surface area contributed by atoms with Crippen LogP contribution >= 0.6 is 0 Å². The van der Waals surface area contributed by atoms with Gasteiger partial charge < -0.3 is 0 Å². The number of allylic oxidation sites excluding steroid dienone is 4. The summed E-state index contributed by atoms with van der Waals surface area (Å²) in [7, 11) is 0. The van der Waals surface area contributed by atoms with E-state index in [-0.39, 0.29) is 5.41 Å². The molecule has 0 saturated carbocycles. The third-order valence-corrected chi connectivity index (χ3v) is 12.3. The maximum atomic E-state index is 5.23. The van der Waals surface area contributed by atoms with Crippen molar-refractivity contribution in [3.63, 3.8) is 0 Å². The van der Waals surface area contributed by atoms with Gasteiger partial charge in [0.05, 0.1) is 11.4 Å². The van der Waals surface area contributed by atoms with Crippen molar-refractivity contribution in [2.24, 2.45) is 0 Å². The van der Waals surface area contributed by atoms with Crippen LogP contribution in [-0.4, -0.2) is 15.0 Å². The minimum atomic E-state index is -0.125. The molecule has 2 aliphatic rings. The van der Waals surface area contributed by atoms with Crippen LogP contribution in [-0.2, 0) is 5.41 Å². The Balaban J connectivity index is 0.985. The molecule has 2 unspecified atom stereocenters. The lowest BCUT2D eigenvalue weighted by Gasteiger charge is -2.42. The zero-order chi connectivity index (χ0) is 39.3. The first-order valence-electron chi connectivity index (χ1n) is 20.3. The minimum absolute atomic E-state index is 0.125. The molecule has 0 spiro atoms. The zero-order valence-corrected chi connectivity index (χ0v) is 32.6. The number of hydrogen-bond acceptors (Lipinski definition) is 3. The van der Waals surface area contributed by atoms with Gasteiger partial charge in [0.1, 0.15) is 0 Å². The van der Waals surface area contributed by atoms with E-state index >= 15 is 0 Å². The Morgan fingerprint density at radius 1 is 0.458 bits per heavy atom. The molecule has 0 saturated heterocycles. The molecule has 0 N–H and O–H groups in total. The topological polar surface area (TPSA) is 38.7 Å². The van der Waals surface area contributed by atoms with Crippen LogP contribution in [0.3, 0.4) is 0 Å². The van der Waals surface area contributed by atoms with Gasteiger partial charge in [0, 0.05) is 46.0 Å². The predicted molar refractivity (Wildman–Crippen MR) is 244 cm³/mol. The number of hydrogen-bond donors (Lipinski definition) is 0. The van der Waals surface area contributed by atoms with Crippen molar-refractivity contribution in [3.05, 3.63) is 224 Å². The van der Waals surface area contributed by atoms with Crippen LogP contribution in [0.25, 0.3) is 89.2 Å². The number of rotatable bonds is 6. The summed E-state index contributed by atoms with van der Waals surface area (Å²) in [6, 6.07) is 63.1. The highest BCUT2D eigenvalue weighted by Gasteiger charge is 2.41. The van der Waals surface area contributed by atoms with Crippen LogP contribution in [0.5, 0.6) is 0 Å². The van der Waals surface area contributed by atoms with Gasteiger partial charge in [-0.3, -0.25) is 4.98 Å². The Hall–Kier alpha value is -7.49. The van der Waals surface area contributed by atoms with Crippen LogP contribution < -0.4 is 0 Å². The largest absolute Gasteiger partial charge is 0.264 e. The molecule has 0 fully saturated rings. The minimum Gasteiger partial charge on any atom is -0.264 e. The normalized spacial score (nSPS) is 16.3. The second kappa shape index (κ2) is 14.2. The molecule has 0 bridgehead atoms. The molecule has 9 aromatic rings. The van der Waals surface area contributed by atoms with Crippen molar-refractivity contribution in [1.82, 2.24) is 15.0 Å². The lowest BCUT2D eigenvalue weighted by Crippen LogP contribution is -2.32. The maximum Gasteiger partial charge on any atom is 0.160 e. The highest BCUT2D eigenvalue weighted by atomic mass is 14.9. The van der Waals surface area contributed by atoms with Gasteiger partial charge in [-0.25, -0.2) is 9.97 Å². The van der Waals surface area contributed by atoms with Gasteiger partial charge in [-0.2, -0.15) is 0 Å². The quantitative estimate of drug-likeness (QED) is 0.170. The molecule has 2 aromatic heterocycles. The third kappa shape index (κ3) is 6.11. The van der Waals surface area contributed by atoms with Gasteiger partial charge in [-0.05, 0) is 85.1 Å². The van der Waals surface area contributed by atoms with E-state index in [1.54, 1.807) is 6.20 Å². The number of nitrogens with zero attached hydrogens (tertiary/aromatic N) is 3. The summed E-state index contributed by atoms with van der Waals surface area (Å²) < 4.78 is 0. The SMILES string of the molecule is CC12C=CC=CC1c1ccccc1-c1ccc(-c3ccc(-c4nc(-c5ccc(-c6cccc7ccccc67)cc5)cc(-c5cccc(-c6cccnc6)c5)n4)cc3)cc12. The molecule has 59 heavy (non-hydrogen) atoms. The summed E-state index contributed by atoms with van der Waals surface area (Å²) in [6.07, 6.45) is 12.8. The predicted octanol–water partition coefficient (Wildman–Crippen LogP) is 14.2. The summed E-state index contributed by atoms with van der Waals surface area (Å²) >= 11 is 0. The van der Waals surface area contributed by atoms with Crippen molar-refractivity contribution >= 4 is 10.8 Å². The van der Waals surface area contributed by atoms with E-state index in [2.05, 4.69) is 206 Å². The molecule has 2 heterocycles. The van der Waals surface area contributed by atoms with Gasteiger partial charge in [0.2, 0.25) is 0 Å². The maximum absolute atomic E-state index is 5.23. The summed E-state index contributed by atoms with van der Waals surface area (Å²) in [6.45, 7) is 2.38. The molecule has 2 atom stereocenters. The van der Waals surface area contributed by atoms with Gasteiger partial charge in [-0.1, -0.05) is 183 Å². The second-order valence-corrected chi connectivity index (χ2v) is 15.8. The van der Waals surface area contributed by atoms with E-state index in [0.29, 0.717) is 11.7 Å². The number of fused-ring (bicyclic) bond motifs is 7. The van der Waals surface area contributed by atoms with Gasteiger partial charge in [-0.15, -0.1) is 0 Å². The molecular weight excluding hydrogens is 715 g/mol. The van der Waals surface area contributed by atoms with E-state index in [4.69, 9.17) is 9.97 Å². The van der Waals surface area contributed by atoms with Crippen LogP contribution in [0, 0.1) is 0 Å². The molecule has 3 nitrogen and oxygen atoms in total. The fourth-order valence-electron chi connectivity index (χ4n) is 9.21. The first-order valence-corrected chi connectivity index (χ1v) is 20.3. The molecule has 7 aromatic carbocycles. The molecule has 3 heteroatoms. The third-order valence-electron chi connectivity index (χ3n) is 12.3. The first kappa shape index (κ1) is 34.7. The summed E-state index contributed by atoms with van der Waals surface area (Å²) in [4.78, 5) is 14.8. The van der Waals surface area contributed by atoms with Crippen LogP contribution in [0.1, 0.15) is 24.0 Å². The van der Waals surface area contributed by atoms with Gasteiger partial charge in [0.25, 0.3) is 0 Å². The van der Waals surface area contributed by atoms with E-state index in [1.165, 1.54) is 49.7 Å². The van der Waals surface area contributed by atoms with Crippen molar-refractivity contribution in [2.75, 3.05) is 0 Å². The van der Waals surface area contributed by atoms with Crippen LogP contribution in [0.4, 0.5) is 0 Å². The first-order chi connectivity index (χ1) is 29.1. The molecule has 11 rings (SSSR count). The second-order valence-electron chi connectivity index (χ2n) is 15.8. The lowest BCUT2D eigenvalue weighted by atomic mass is 9.60. The molecule has 0 radical (unpaired) electrons. The molecule has 0 amide bonds. The monoisotopic (exact) mass is 753 g/mol. The smallest absolute Gasteiger partial charge is 0.160 e. The molecule has 0 aliphatic heterocycles. The Morgan fingerprint density at radius 2 is 1.12 bits per heavy atom. The number of aromatic nitrogens is 3. The van der Waals surface area contributed by atoms with Gasteiger partial charge >= 0.3 is 0 Å². The Bertz CT molecular complexity index is 3100. The fraction of sp³-hybridized carbons (Fsp3) is 0.0536. The molecule has 278 valence electrons. The van der Waals surface area contributed by atoms with Crippen LogP contribution in [0.2, 0.25) is 0 Å². The van der Waals surface area contributed by atoms with Crippen LogP contribution in [0.15, 0.2) is 213 Å². The Morgan fingerprint density at radius 3 is 1.98 bits per heavy atom. The van der Waals surface area contributed by atoms with Crippen molar-refractivity contribution in [3.8, 4) is 78.4 Å². The average Bonchev–Trinajstić information content (AvgIpc) is 3.31. The van der Waals surface area contributed by atoms with E-state index in [0.717, 1.165) is 44.8 Å². The van der Waals surface area contributed by atoms with Crippen molar-refractivity contribution in [1.29, 1.82) is 0 Å². The number of benzene rings is 7. The molecular formula is C56H39N3. The zero-order valence-electron chi connectivity index (χ0n) is 32.6. The standard InChI is InChI=1S/C56H39N3/c1-56-31-7-6-20-51(56)49-18-5-4-17-48(49)50-30-29-43(34-52(50)56)37-21-27-41(28-22-37)55-58-53(35-54(59-55)44-14-8-13-42(33-44)45-15-10-32-57-36-45)40-25-23-39(24-26-40)47-19-9-12-38-11-2-3-16-46(38)47/h2-36,51H,1H3. The van der Waals surface area contributed by atoms with Crippen molar-refractivity contribution < 1.29 is 0 Å². The Labute approximate surface area is 344 Å². The van der Waals surface area contributed by atoms with E-state index in [1.807, 2.05) is 12.3 Å². The average molecular weight is 754 g/mol. The van der Waals surface area contributed by atoms with E-state index < -0.39 is 0 Å². The highest BCUT2D eigenvalue weighted by Crippen LogP contribution is 2.53. The number of pyridine rings is 1. The summed E-state index contributed by atoms with van der Waals surface area (Å²) in [5.41, 5.74) is 17.0.